The molecule has 1 saturated carbocycles. The van der Waals surface area contributed by atoms with Crippen LogP contribution in [0.25, 0.3) is 0 Å². The fraction of sp³-hybridized carbons (Fsp3) is 1.00. The number of hydrogen-bond acceptors (Lipinski definition) is 3. The summed E-state index contributed by atoms with van der Waals surface area (Å²) in [6.45, 7) is 9.57. The molecule has 1 aliphatic carbocycles. The summed E-state index contributed by atoms with van der Waals surface area (Å²) in [6.07, 6.45) is 5.13. The molecule has 1 fully saturated rings. The van der Waals surface area contributed by atoms with Gasteiger partial charge in [0.1, 0.15) is 0 Å². The summed E-state index contributed by atoms with van der Waals surface area (Å²) in [5, 5.41) is 6.87. The van der Waals surface area contributed by atoms with Gasteiger partial charge in [-0.1, -0.05) is 6.92 Å². The fourth-order valence-electron chi connectivity index (χ4n) is 1.73. The van der Waals surface area contributed by atoms with E-state index in [9.17, 15) is 0 Å². The molecule has 1 rings (SSSR count). The average molecular weight is 228 g/mol. The van der Waals surface area contributed by atoms with E-state index in [-0.39, 0.29) is 0 Å². The molecular formula is C13H28N2O. The van der Waals surface area contributed by atoms with Crippen molar-refractivity contribution in [1.82, 2.24) is 10.6 Å². The molecule has 3 nitrogen and oxygen atoms in total. The van der Waals surface area contributed by atoms with Crippen LogP contribution in [0.1, 0.15) is 39.5 Å². The molecule has 0 aliphatic heterocycles. The standard InChI is InChI=1S/C13H28N2O/c1-3-15-12(2)7-9-14-8-4-10-16-11-13-5-6-13/h12-15H,3-11H2,1-2H3. The van der Waals surface area contributed by atoms with Gasteiger partial charge in [-0.2, -0.15) is 0 Å². The monoisotopic (exact) mass is 228 g/mol. The van der Waals surface area contributed by atoms with Crippen molar-refractivity contribution >= 4 is 0 Å². The predicted molar refractivity (Wildman–Crippen MR) is 68.8 cm³/mol. The van der Waals surface area contributed by atoms with E-state index in [0.717, 1.165) is 45.2 Å². The summed E-state index contributed by atoms with van der Waals surface area (Å²) in [5.41, 5.74) is 0. The van der Waals surface area contributed by atoms with Crippen LogP contribution in [-0.4, -0.2) is 38.9 Å². The molecule has 16 heavy (non-hydrogen) atoms. The van der Waals surface area contributed by atoms with Gasteiger partial charge in [-0.3, -0.25) is 0 Å². The first-order chi connectivity index (χ1) is 7.83. The van der Waals surface area contributed by atoms with Crippen molar-refractivity contribution in [3.8, 4) is 0 Å². The van der Waals surface area contributed by atoms with Gasteiger partial charge in [0.2, 0.25) is 0 Å². The second kappa shape index (κ2) is 8.97. The molecule has 0 radical (unpaired) electrons. The number of ether oxygens (including phenoxy) is 1. The van der Waals surface area contributed by atoms with E-state index in [1.807, 2.05) is 0 Å². The summed E-state index contributed by atoms with van der Waals surface area (Å²) < 4.78 is 5.57. The lowest BCUT2D eigenvalue weighted by atomic mass is 10.2. The Hall–Kier alpha value is -0.120. The molecule has 1 aliphatic rings. The highest BCUT2D eigenvalue weighted by Crippen LogP contribution is 2.28. The third-order valence-corrected chi connectivity index (χ3v) is 3.00. The molecule has 3 heteroatoms. The number of hydrogen-bond donors (Lipinski definition) is 2. The Kier molecular flexibility index (Phi) is 7.81. The lowest BCUT2D eigenvalue weighted by Gasteiger charge is -2.12. The third-order valence-electron chi connectivity index (χ3n) is 3.00. The van der Waals surface area contributed by atoms with Gasteiger partial charge in [-0.15, -0.1) is 0 Å². The second-order valence-electron chi connectivity index (χ2n) is 4.87. The second-order valence-corrected chi connectivity index (χ2v) is 4.87. The van der Waals surface area contributed by atoms with E-state index in [4.69, 9.17) is 4.74 Å². The van der Waals surface area contributed by atoms with Crippen molar-refractivity contribution < 1.29 is 4.74 Å². The normalized spacial score (nSPS) is 17.6. The van der Waals surface area contributed by atoms with Crippen LogP contribution >= 0.6 is 0 Å². The Morgan fingerprint density at radius 2 is 2.12 bits per heavy atom. The highest BCUT2D eigenvalue weighted by atomic mass is 16.5. The smallest absolute Gasteiger partial charge is 0.0494 e. The van der Waals surface area contributed by atoms with Crippen LogP contribution in [0, 0.1) is 5.92 Å². The summed E-state index contributed by atoms with van der Waals surface area (Å²) in [7, 11) is 0. The van der Waals surface area contributed by atoms with Crippen LogP contribution in [0.2, 0.25) is 0 Å². The number of rotatable bonds is 11. The lowest BCUT2D eigenvalue weighted by molar-refractivity contribution is 0.122. The van der Waals surface area contributed by atoms with Crippen molar-refractivity contribution in [3.63, 3.8) is 0 Å². The van der Waals surface area contributed by atoms with Gasteiger partial charge in [0.25, 0.3) is 0 Å². The maximum Gasteiger partial charge on any atom is 0.0494 e. The average Bonchev–Trinajstić information content (AvgIpc) is 3.06. The first-order valence-corrected chi connectivity index (χ1v) is 6.84. The van der Waals surface area contributed by atoms with Crippen molar-refractivity contribution in [1.29, 1.82) is 0 Å². The number of nitrogens with one attached hydrogen (secondary N) is 2. The summed E-state index contributed by atoms with van der Waals surface area (Å²) >= 11 is 0. The summed E-state index contributed by atoms with van der Waals surface area (Å²) in [5.74, 6) is 0.897. The maximum absolute atomic E-state index is 5.57. The zero-order valence-corrected chi connectivity index (χ0v) is 10.9. The molecule has 96 valence electrons. The Labute approximate surface area is 100 Å². The van der Waals surface area contributed by atoms with Crippen LogP contribution in [0.5, 0.6) is 0 Å². The molecule has 0 aromatic carbocycles. The first-order valence-electron chi connectivity index (χ1n) is 6.84. The molecule has 0 aromatic rings. The Balaban J connectivity index is 1.70. The summed E-state index contributed by atoms with van der Waals surface area (Å²) in [4.78, 5) is 0. The largest absolute Gasteiger partial charge is 0.381 e. The molecule has 0 aromatic heterocycles. The SMILES string of the molecule is CCNC(C)CCNCCCOCC1CC1. The molecule has 0 saturated heterocycles. The van der Waals surface area contributed by atoms with E-state index in [1.165, 1.54) is 19.3 Å². The molecule has 0 amide bonds. The van der Waals surface area contributed by atoms with E-state index < -0.39 is 0 Å². The first kappa shape index (κ1) is 13.9. The topological polar surface area (TPSA) is 33.3 Å². The molecule has 0 heterocycles. The lowest BCUT2D eigenvalue weighted by Crippen LogP contribution is -2.30. The minimum absolute atomic E-state index is 0.628. The highest BCUT2D eigenvalue weighted by molar-refractivity contribution is 4.71. The molecule has 0 spiro atoms. The van der Waals surface area contributed by atoms with Gasteiger partial charge in [-0.25, -0.2) is 0 Å². The van der Waals surface area contributed by atoms with Crippen molar-refractivity contribution in [2.75, 3.05) is 32.8 Å². The van der Waals surface area contributed by atoms with Gasteiger partial charge >= 0.3 is 0 Å². The Bertz CT molecular complexity index is 160. The van der Waals surface area contributed by atoms with E-state index in [0.29, 0.717) is 6.04 Å². The summed E-state index contributed by atoms with van der Waals surface area (Å²) in [6, 6.07) is 0.628. The van der Waals surface area contributed by atoms with Crippen LogP contribution in [0.3, 0.4) is 0 Å². The maximum atomic E-state index is 5.57. The molecular weight excluding hydrogens is 200 g/mol. The zero-order valence-electron chi connectivity index (χ0n) is 10.9. The molecule has 0 bridgehead atoms. The van der Waals surface area contributed by atoms with E-state index in [2.05, 4.69) is 24.5 Å². The Morgan fingerprint density at radius 1 is 1.31 bits per heavy atom. The van der Waals surface area contributed by atoms with Crippen LogP contribution in [-0.2, 0) is 4.74 Å². The van der Waals surface area contributed by atoms with Gasteiger partial charge in [0.15, 0.2) is 0 Å². The van der Waals surface area contributed by atoms with Crippen LogP contribution < -0.4 is 10.6 Å². The zero-order chi connectivity index (χ0) is 11.6. The van der Waals surface area contributed by atoms with E-state index in [1.54, 1.807) is 0 Å². The fourth-order valence-corrected chi connectivity index (χ4v) is 1.73. The van der Waals surface area contributed by atoms with Crippen molar-refractivity contribution in [3.05, 3.63) is 0 Å². The third kappa shape index (κ3) is 8.08. The van der Waals surface area contributed by atoms with E-state index >= 15 is 0 Å². The van der Waals surface area contributed by atoms with Gasteiger partial charge in [0, 0.05) is 19.3 Å². The Morgan fingerprint density at radius 3 is 2.81 bits per heavy atom. The minimum atomic E-state index is 0.628. The molecule has 1 atom stereocenters. The van der Waals surface area contributed by atoms with Crippen LogP contribution in [0.4, 0.5) is 0 Å². The van der Waals surface area contributed by atoms with Crippen LogP contribution in [0.15, 0.2) is 0 Å². The van der Waals surface area contributed by atoms with Gasteiger partial charge < -0.3 is 15.4 Å². The van der Waals surface area contributed by atoms with Gasteiger partial charge in [0.05, 0.1) is 0 Å². The molecule has 1 unspecified atom stereocenters. The minimum Gasteiger partial charge on any atom is -0.381 e. The quantitative estimate of drug-likeness (QED) is 0.529. The van der Waals surface area contributed by atoms with Crippen molar-refractivity contribution in [2.24, 2.45) is 5.92 Å². The van der Waals surface area contributed by atoms with Gasteiger partial charge in [-0.05, 0) is 58.2 Å². The van der Waals surface area contributed by atoms with Crippen molar-refractivity contribution in [2.45, 2.75) is 45.6 Å². The molecule has 2 N–H and O–H groups in total. The predicted octanol–water partition coefficient (Wildman–Crippen LogP) is 1.78. The highest BCUT2D eigenvalue weighted by Gasteiger charge is 2.20.